The summed E-state index contributed by atoms with van der Waals surface area (Å²) in [5, 5.41) is 18.0. The molecule has 3 aromatic rings. The summed E-state index contributed by atoms with van der Waals surface area (Å²) >= 11 is 1.60. The van der Waals surface area contributed by atoms with Gasteiger partial charge in [-0.15, -0.1) is 11.3 Å². The maximum absolute atomic E-state index is 14.1. The van der Waals surface area contributed by atoms with E-state index in [0.29, 0.717) is 17.5 Å². The fourth-order valence-electron chi connectivity index (χ4n) is 6.57. The van der Waals surface area contributed by atoms with E-state index >= 15 is 0 Å². The molecule has 2 saturated heterocycles. The van der Waals surface area contributed by atoms with Crippen molar-refractivity contribution in [1.82, 2.24) is 20.4 Å². The van der Waals surface area contributed by atoms with Crippen LogP contribution in [0.2, 0.25) is 0 Å². The topological polar surface area (TPSA) is 130 Å². The summed E-state index contributed by atoms with van der Waals surface area (Å²) < 4.78 is 16.7. The molecule has 12 heteroatoms. The highest BCUT2D eigenvalue weighted by molar-refractivity contribution is 7.13. The van der Waals surface area contributed by atoms with Gasteiger partial charge >= 0.3 is 0 Å². The molecule has 45 heavy (non-hydrogen) atoms. The summed E-state index contributed by atoms with van der Waals surface area (Å²) in [5.41, 5.74) is 4.85. The average molecular weight is 640 g/mol. The Kier molecular flexibility index (Phi) is 10.6. The predicted molar refractivity (Wildman–Crippen MR) is 172 cm³/mol. The maximum atomic E-state index is 14.1. The first-order chi connectivity index (χ1) is 21.6. The van der Waals surface area contributed by atoms with Crippen LogP contribution in [0.25, 0.3) is 10.4 Å². The van der Waals surface area contributed by atoms with Gasteiger partial charge in [0.1, 0.15) is 12.0 Å². The summed E-state index contributed by atoms with van der Waals surface area (Å²) in [6.07, 6.45) is 0.935. The van der Waals surface area contributed by atoms with E-state index in [1.807, 2.05) is 63.5 Å². The largest absolute Gasteiger partial charge is 0.391 e. The SMILES string of the molecule is COC(OC)C1CCN(c2cc(C(C(=O)N3C[C@H](O)C[C@H]3C(=O)NC(C)c3ccc(-c4scnc4C)cc3)C(C)C)on2)CC1. The van der Waals surface area contributed by atoms with Gasteiger partial charge in [0.15, 0.2) is 17.9 Å². The monoisotopic (exact) mass is 639 g/mol. The number of ether oxygens (including phenoxy) is 2. The molecule has 0 saturated carbocycles. The molecule has 2 N–H and O–H groups in total. The van der Waals surface area contributed by atoms with E-state index in [1.54, 1.807) is 25.6 Å². The number of β-amino-alcohol motifs (C(OH)–C–C–N with tert-alkyl or cyclic N) is 1. The highest BCUT2D eigenvalue weighted by atomic mass is 32.1. The van der Waals surface area contributed by atoms with E-state index in [0.717, 1.165) is 47.6 Å². The van der Waals surface area contributed by atoms with E-state index in [9.17, 15) is 14.7 Å². The van der Waals surface area contributed by atoms with Gasteiger partial charge in [0, 0.05) is 52.3 Å². The van der Waals surface area contributed by atoms with Crippen LogP contribution in [0.3, 0.4) is 0 Å². The van der Waals surface area contributed by atoms with E-state index in [1.165, 1.54) is 4.90 Å². The number of nitrogens with zero attached hydrogens (tertiary/aromatic N) is 4. The Morgan fingerprint density at radius 1 is 1.11 bits per heavy atom. The first-order valence-electron chi connectivity index (χ1n) is 15.7. The smallest absolute Gasteiger partial charge is 0.243 e. The van der Waals surface area contributed by atoms with Gasteiger partial charge in [-0.25, -0.2) is 4.98 Å². The highest BCUT2D eigenvalue weighted by Gasteiger charge is 2.43. The molecule has 2 amide bonds. The average Bonchev–Trinajstić information content (AvgIpc) is 3.78. The number of benzene rings is 1. The first-order valence-corrected chi connectivity index (χ1v) is 16.6. The number of carbonyl (C=O) groups is 2. The standard InChI is InChI=1S/C33H45N5O6S/c1-19(2)29(27-16-28(36-44-27)37-13-11-24(12-14-37)33(42-5)43-6)32(41)38-17-25(39)15-26(38)31(40)35-20(3)22-7-9-23(10-8-22)30-21(4)34-18-45-30/h7-10,16,18-20,24-26,29,33,39H,11-15,17H2,1-6H3,(H,35,40)/t20?,25-,26+,29?/m1/s1. The van der Waals surface area contributed by atoms with Crippen molar-refractivity contribution in [2.75, 3.05) is 38.8 Å². The van der Waals surface area contributed by atoms with Gasteiger partial charge in [0.25, 0.3) is 0 Å². The van der Waals surface area contributed by atoms with Gasteiger partial charge in [-0.1, -0.05) is 43.3 Å². The van der Waals surface area contributed by atoms with Crippen LogP contribution < -0.4 is 10.2 Å². The zero-order valence-electron chi connectivity index (χ0n) is 26.9. The van der Waals surface area contributed by atoms with Crippen LogP contribution in [0.5, 0.6) is 0 Å². The summed E-state index contributed by atoms with van der Waals surface area (Å²) in [6.45, 7) is 9.44. The number of hydrogen-bond donors (Lipinski definition) is 2. The number of likely N-dealkylation sites (tertiary alicyclic amines) is 1. The second-order valence-corrected chi connectivity index (χ2v) is 13.3. The number of aliphatic hydroxyl groups excluding tert-OH is 1. The van der Waals surface area contributed by atoms with Gasteiger partial charge in [-0.05, 0) is 43.7 Å². The van der Waals surface area contributed by atoms with Gasteiger partial charge < -0.3 is 34.2 Å². The summed E-state index contributed by atoms with van der Waals surface area (Å²) in [4.78, 5) is 36.7. The minimum atomic E-state index is -0.788. The van der Waals surface area contributed by atoms with Crippen molar-refractivity contribution in [1.29, 1.82) is 0 Å². The van der Waals surface area contributed by atoms with E-state index in [-0.39, 0.29) is 43.0 Å². The Bertz CT molecular complexity index is 1430. The maximum Gasteiger partial charge on any atom is 0.243 e. The van der Waals surface area contributed by atoms with Crippen LogP contribution in [0.1, 0.15) is 69.0 Å². The number of aromatic nitrogens is 2. The van der Waals surface area contributed by atoms with Gasteiger partial charge in [0.05, 0.1) is 28.2 Å². The Hall–Kier alpha value is -3.32. The van der Waals surface area contributed by atoms with E-state index in [2.05, 4.69) is 20.4 Å². The Morgan fingerprint density at radius 3 is 2.40 bits per heavy atom. The van der Waals surface area contributed by atoms with Crippen molar-refractivity contribution < 1.29 is 28.7 Å². The molecule has 1 aromatic carbocycles. The third-order valence-corrected chi connectivity index (χ3v) is 10.1. The number of rotatable bonds is 11. The number of anilines is 1. The summed E-state index contributed by atoms with van der Waals surface area (Å²) in [5.74, 6) is 0.155. The molecule has 0 aliphatic carbocycles. The predicted octanol–water partition coefficient (Wildman–Crippen LogP) is 4.52. The van der Waals surface area contributed by atoms with Crippen molar-refractivity contribution in [2.24, 2.45) is 11.8 Å². The van der Waals surface area contributed by atoms with Gasteiger partial charge in [0.2, 0.25) is 11.8 Å². The lowest BCUT2D eigenvalue weighted by Crippen LogP contribution is -2.48. The quantitative estimate of drug-likeness (QED) is 0.291. The normalized spacial score (nSPS) is 20.6. The molecule has 0 bridgehead atoms. The molecule has 2 unspecified atom stereocenters. The third-order valence-electron chi connectivity index (χ3n) is 9.11. The number of aryl methyl sites for hydroxylation is 1. The summed E-state index contributed by atoms with van der Waals surface area (Å²) in [6, 6.07) is 8.83. The lowest BCUT2D eigenvalue weighted by molar-refractivity contribution is -0.141. The number of amides is 2. The second-order valence-electron chi connectivity index (χ2n) is 12.5. The van der Waals surface area contributed by atoms with Gasteiger partial charge in [-0.3, -0.25) is 9.59 Å². The molecule has 0 spiro atoms. The zero-order valence-corrected chi connectivity index (χ0v) is 27.8. The second kappa shape index (κ2) is 14.4. The number of thiazole rings is 1. The van der Waals surface area contributed by atoms with Crippen molar-refractivity contribution >= 4 is 29.0 Å². The fraction of sp³-hybridized carbons (Fsp3) is 0.576. The van der Waals surface area contributed by atoms with Crippen LogP contribution in [-0.4, -0.2) is 84.3 Å². The minimum Gasteiger partial charge on any atom is -0.391 e. The molecule has 5 rings (SSSR count). The summed E-state index contributed by atoms with van der Waals surface area (Å²) in [7, 11) is 3.32. The molecule has 2 aliphatic heterocycles. The minimum absolute atomic E-state index is 0.0894. The van der Waals surface area contributed by atoms with E-state index in [4.69, 9.17) is 14.0 Å². The lowest BCUT2D eigenvalue weighted by atomic mass is 9.91. The van der Waals surface area contributed by atoms with Gasteiger partial charge in [-0.2, -0.15) is 0 Å². The molecule has 0 radical (unpaired) electrons. The van der Waals surface area contributed by atoms with Crippen LogP contribution in [0.4, 0.5) is 5.82 Å². The molecular weight excluding hydrogens is 594 g/mol. The lowest BCUT2D eigenvalue weighted by Gasteiger charge is -2.34. The van der Waals surface area contributed by atoms with Crippen LogP contribution >= 0.6 is 11.3 Å². The molecule has 2 aromatic heterocycles. The highest BCUT2D eigenvalue weighted by Crippen LogP contribution is 2.34. The molecule has 11 nitrogen and oxygen atoms in total. The van der Waals surface area contributed by atoms with Crippen LogP contribution in [0.15, 0.2) is 40.4 Å². The number of carbonyl (C=O) groups excluding carboxylic acids is 2. The van der Waals surface area contributed by atoms with Crippen molar-refractivity contribution in [3.05, 3.63) is 52.9 Å². The Balaban J connectivity index is 1.25. The molecule has 4 atom stereocenters. The van der Waals surface area contributed by atoms with Crippen LogP contribution in [0, 0.1) is 18.8 Å². The number of piperidine rings is 1. The fourth-order valence-corrected chi connectivity index (χ4v) is 7.38. The molecule has 2 fully saturated rings. The van der Waals surface area contributed by atoms with Crippen molar-refractivity contribution in [2.45, 2.75) is 77.4 Å². The van der Waals surface area contributed by atoms with Crippen molar-refractivity contribution in [3.8, 4) is 10.4 Å². The molecule has 4 heterocycles. The number of nitrogens with one attached hydrogen (secondary N) is 1. The Morgan fingerprint density at radius 2 is 1.80 bits per heavy atom. The van der Waals surface area contributed by atoms with Crippen molar-refractivity contribution in [3.63, 3.8) is 0 Å². The first kappa shape index (κ1) is 33.1. The Labute approximate surface area is 268 Å². The molecular formula is C33H45N5O6S. The zero-order chi connectivity index (χ0) is 32.2. The molecule has 244 valence electrons. The van der Waals surface area contributed by atoms with Crippen LogP contribution in [-0.2, 0) is 19.1 Å². The number of aliphatic hydroxyl groups is 1. The molecule has 2 aliphatic rings. The third kappa shape index (κ3) is 7.24. The number of hydrogen-bond acceptors (Lipinski definition) is 10. The number of methoxy groups -OCH3 is 2. The van der Waals surface area contributed by atoms with E-state index < -0.39 is 18.1 Å².